The fraction of sp³-hybridized carbons (Fsp3) is 0.294. The van der Waals surface area contributed by atoms with Gasteiger partial charge in [-0.1, -0.05) is 19.1 Å². The summed E-state index contributed by atoms with van der Waals surface area (Å²) >= 11 is 0. The number of benzene rings is 2. The summed E-state index contributed by atoms with van der Waals surface area (Å²) in [5.41, 5.74) is -0.160. The average molecular weight is 373 g/mol. The first kappa shape index (κ1) is 19.3. The van der Waals surface area contributed by atoms with Gasteiger partial charge in [-0.3, -0.25) is 0 Å². The van der Waals surface area contributed by atoms with Crippen LogP contribution < -0.4 is 9.46 Å². The summed E-state index contributed by atoms with van der Waals surface area (Å²) in [5.74, 6) is 0.643. The monoisotopic (exact) mass is 373 g/mol. The van der Waals surface area contributed by atoms with Gasteiger partial charge in [-0.2, -0.15) is 13.2 Å². The van der Waals surface area contributed by atoms with E-state index in [-0.39, 0.29) is 4.90 Å². The first-order chi connectivity index (χ1) is 11.7. The van der Waals surface area contributed by atoms with Gasteiger partial charge < -0.3 is 4.74 Å². The van der Waals surface area contributed by atoms with Gasteiger partial charge in [0.25, 0.3) is 0 Å². The van der Waals surface area contributed by atoms with Gasteiger partial charge in [-0.15, -0.1) is 0 Å². The molecule has 25 heavy (non-hydrogen) atoms. The molecule has 0 bridgehead atoms. The van der Waals surface area contributed by atoms with Crippen LogP contribution in [0.2, 0.25) is 0 Å². The second-order valence-electron chi connectivity index (χ2n) is 5.38. The molecule has 0 aromatic heterocycles. The first-order valence-corrected chi connectivity index (χ1v) is 8.99. The second-order valence-corrected chi connectivity index (χ2v) is 7.09. The molecule has 0 aliphatic heterocycles. The molecule has 0 amide bonds. The van der Waals surface area contributed by atoms with Crippen LogP contribution in [0.5, 0.6) is 5.75 Å². The zero-order chi connectivity index (χ0) is 18.7. The third-order valence-electron chi connectivity index (χ3n) is 3.72. The molecular formula is C17H18F3NO3S. The third kappa shape index (κ3) is 4.73. The maximum atomic E-state index is 12.6. The molecule has 2 aromatic carbocycles. The van der Waals surface area contributed by atoms with Crippen molar-refractivity contribution in [1.29, 1.82) is 0 Å². The molecule has 2 rings (SSSR count). The molecule has 4 nitrogen and oxygen atoms in total. The Labute approximate surface area is 144 Å². The highest BCUT2D eigenvalue weighted by atomic mass is 32.2. The van der Waals surface area contributed by atoms with Crippen molar-refractivity contribution in [2.75, 3.05) is 7.11 Å². The van der Waals surface area contributed by atoms with E-state index in [2.05, 4.69) is 4.72 Å². The van der Waals surface area contributed by atoms with Gasteiger partial charge in [0.1, 0.15) is 5.75 Å². The highest BCUT2D eigenvalue weighted by Crippen LogP contribution is 2.30. The molecule has 0 radical (unpaired) electrons. The van der Waals surface area contributed by atoms with Gasteiger partial charge in [-0.25, -0.2) is 13.1 Å². The number of hydrogen-bond donors (Lipinski definition) is 1. The van der Waals surface area contributed by atoms with Gasteiger partial charge in [0.2, 0.25) is 10.0 Å². The normalized spacial score (nSPS) is 13.5. The zero-order valence-corrected chi connectivity index (χ0v) is 14.5. The molecule has 8 heteroatoms. The Bertz CT molecular complexity index is 801. The molecule has 0 saturated heterocycles. The minimum absolute atomic E-state index is 0.215. The lowest BCUT2D eigenvalue weighted by Gasteiger charge is -2.18. The zero-order valence-electron chi connectivity index (χ0n) is 13.7. The summed E-state index contributed by atoms with van der Waals surface area (Å²) in [6.45, 7) is 1.81. The van der Waals surface area contributed by atoms with Crippen LogP contribution in [0.25, 0.3) is 0 Å². The van der Waals surface area contributed by atoms with Crippen molar-refractivity contribution in [1.82, 2.24) is 4.72 Å². The van der Waals surface area contributed by atoms with Crippen molar-refractivity contribution < 1.29 is 26.3 Å². The Kier molecular flexibility index (Phi) is 5.74. The minimum Gasteiger partial charge on any atom is -0.497 e. The number of alkyl halides is 3. The molecule has 1 atom stereocenters. The van der Waals surface area contributed by atoms with Crippen LogP contribution >= 0.6 is 0 Å². The molecule has 0 aliphatic carbocycles. The van der Waals surface area contributed by atoms with Gasteiger partial charge in [0.15, 0.2) is 0 Å². The van der Waals surface area contributed by atoms with Crippen LogP contribution in [0.4, 0.5) is 13.2 Å². The topological polar surface area (TPSA) is 55.4 Å². The van der Waals surface area contributed by atoms with Crippen LogP contribution in [0, 0.1) is 0 Å². The number of sulfonamides is 1. The summed E-state index contributed by atoms with van der Waals surface area (Å²) in [4.78, 5) is -0.215. The Balaban J connectivity index is 2.23. The molecule has 0 aliphatic rings. The number of ether oxygens (including phenoxy) is 1. The van der Waals surface area contributed by atoms with Crippen molar-refractivity contribution in [2.24, 2.45) is 0 Å². The Morgan fingerprint density at radius 3 is 2.04 bits per heavy atom. The van der Waals surface area contributed by atoms with E-state index in [0.717, 1.165) is 29.8 Å². The average Bonchev–Trinajstić information content (AvgIpc) is 2.59. The van der Waals surface area contributed by atoms with Crippen LogP contribution in [0.1, 0.15) is 30.5 Å². The van der Waals surface area contributed by atoms with Crippen molar-refractivity contribution in [2.45, 2.75) is 30.5 Å². The fourth-order valence-corrected chi connectivity index (χ4v) is 3.61. The molecular weight excluding hydrogens is 355 g/mol. The predicted octanol–water partition coefficient (Wildman–Crippen LogP) is 4.14. The molecule has 0 heterocycles. The number of halogens is 3. The quantitative estimate of drug-likeness (QED) is 0.828. The molecule has 0 saturated carbocycles. The van der Waals surface area contributed by atoms with Crippen LogP contribution in [0.3, 0.4) is 0 Å². The van der Waals surface area contributed by atoms with Crippen molar-refractivity contribution in [3.05, 3.63) is 59.7 Å². The van der Waals surface area contributed by atoms with Crippen molar-refractivity contribution in [3.8, 4) is 5.75 Å². The summed E-state index contributed by atoms with van der Waals surface area (Å²) in [7, 11) is -2.42. The number of hydrogen-bond acceptors (Lipinski definition) is 3. The second kappa shape index (κ2) is 7.45. The van der Waals surface area contributed by atoms with E-state index in [1.165, 1.54) is 7.11 Å². The fourth-order valence-electron chi connectivity index (χ4n) is 2.30. The molecule has 2 aromatic rings. The van der Waals surface area contributed by atoms with Gasteiger partial charge in [-0.05, 0) is 48.4 Å². The number of nitrogens with one attached hydrogen (secondary N) is 1. The van der Waals surface area contributed by atoms with E-state index in [0.29, 0.717) is 12.2 Å². The molecule has 0 spiro atoms. The van der Waals surface area contributed by atoms with E-state index in [9.17, 15) is 21.6 Å². The Morgan fingerprint density at radius 1 is 1.04 bits per heavy atom. The number of methoxy groups -OCH3 is 1. The molecule has 0 fully saturated rings. The third-order valence-corrected chi connectivity index (χ3v) is 5.20. The standard InChI is InChI=1S/C17H18F3NO3S/c1-3-16(12-4-8-14(24-2)9-5-12)21-25(22,23)15-10-6-13(7-11-15)17(18,19)20/h4-11,16,21H,3H2,1-2H3. The lowest BCUT2D eigenvalue weighted by Crippen LogP contribution is -2.28. The summed E-state index contributed by atoms with van der Waals surface area (Å²) < 4.78 is 70.2. The van der Waals surface area contributed by atoms with E-state index >= 15 is 0 Å². The smallest absolute Gasteiger partial charge is 0.416 e. The van der Waals surface area contributed by atoms with E-state index < -0.39 is 27.8 Å². The summed E-state index contributed by atoms with van der Waals surface area (Å²) in [6, 6.07) is 9.81. The van der Waals surface area contributed by atoms with Crippen molar-refractivity contribution >= 4 is 10.0 Å². The lowest BCUT2D eigenvalue weighted by atomic mass is 10.1. The SMILES string of the molecule is CCC(NS(=O)(=O)c1ccc(C(F)(F)F)cc1)c1ccc(OC)cc1. The van der Waals surface area contributed by atoms with E-state index in [4.69, 9.17) is 4.74 Å². The summed E-state index contributed by atoms with van der Waals surface area (Å²) in [6.07, 6.45) is -4.03. The minimum atomic E-state index is -4.51. The van der Waals surface area contributed by atoms with E-state index in [1.54, 1.807) is 24.3 Å². The highest BCUT2D eigenvalue weighted by molar-refractivity contribution is 7.89. The van der Waals surface area contributed by atoms with Crippen LogP contribution in [0.15, 0.2) is 53.4 Å². The van der Waals surface area contributed by atoms with Crippen molar-refractivity contribution in [3.63, 3.8) is 0 Å². The molecule has 1 unspecified atom stereocenters. The van der Waals surface area contributed by atoms with E-state index in [1.807, 2.05) is 6.92 Å². The van der Waals surface area contributed by atoms with Gasteiger partial charge >= 0.3 is 6.18 Å². The molecule has 1 N–H and O–H groups in total. The predicted molar refractivity (Wildman–Crippen MR) is 87.8 cm³/mol. The van der Waals surface area contributed by atoms with Gasteiger partial charge in [0.05, 0.1) is 17.6 Å². The molecule has 136 valence electrons. The number of rotatable bonds is 6. The maximum absolute atomic E-state index is 12.6. The van der Waals surface area contributed by atoms with Gasteiger partial charge in [0, 0.05) is 6.04 Å². The largest absolute Gasteiger partial charge is 0.497 e. The maximum Gasteiger partial charge on any atom is 0.416 e. The van der Waals surface area contributed by atoms with Crippen LogP contribution in [-0.4, -0.2) is 15.5 Å². The van der Waals surface area contributed by atoms with Crippen LogP contribution in [-0.2, 0) is 16.2 Å². The first-order valence-electron chi connectivity index (χ1n) is 7.51. The Morgan fingerprint density at radius 2 is 1.60 bits per heavy atom. The summed E-state index contributed by atoms with van der Waals surface area (Å²) in [5, 5.41) is 0. The lowest BCUT2D eigenvalue weighted by molar-refractivity contribution is -0.137. The Hall–Kier alpha value is -2.06. The highest BCUT2D eigenvalue weighted by Gasteiger charge is 2.31.